The lowest BCUT2D eigenvalue weighted by atomic mass is 9.72. The van der Waals surface area contributed by atoms with Gasteiger partial charge in [-0.2, -0.15) is 0 Å². The number of hydrogen-bond donors (Lipinski definition) is 1. The van der Waals surface area contributed by atoms with Crippen molar-refractivity contribution < 1.29 is 0 Å². The maximum Gasteiger partial charge on any atom is 0.0412 e. The molecule has 0 aromatic heterocycles. The fourth-order valence-electron chi connectivity index (χ4n) is 3.16. The smallest absolute Gasteiger partial charge is 0.0412 e. The van der Waals surface area contributed by atoms with E-state index in [4.69, 9.17) is 5.73 Å². The van der Waals surface area contributed by atoms with Crippen LogP contribution in [0.25, 0.3) is 0 Å². The summed E-state index contributed by atoms with van der Waals surface area (Å²) in [5, 5.41) is 0. The van der Waals surface area contributed by atoms with Crippen molar-refractivity contribution in [2.75, 3.05) is 0 Å². The van der Waals surface area contributed by atoms with Crippen molar-refractivity contribution in [2.24, 2.45) is 11.7 Å². The second-order valence-electron chi connectivity index (χ2n) is 7.19. The molecule has 100 valence electrons. The molecule has 1 aliphatic carbocycles. The second-order valence-corrected chi connectivity index (χ2v) is 7.19. The summed E-state index contributed by atoms with van der Waals surface area (Å²) >= 11 is 0. The lowest BCUT2D eigenvalue weighted by molar-refractivity contribution is 0.239. The Balaban J connectivity index is 2.23. The molecule has 2 atom stereocenters. The van der Waals surface area contributed by atoms with Crippen molar-refractivity contribution in [2.45, 2.75) is 64.3 Å². The van der Waals surface area contributed by atoms with E-state index in [1.165, 1.54) is 24.0 Å². The summed E-state index contributed by atoms with van der Waals surface area (Å²) in [5.74, 6) is 0.756. The molecule has 0 spiro atoms. The van der Waals surface area contributed by atoms with Crippen LogP contribution in [-0.4, -0.2) is 0 Å². The summed E-state index contributed by atoms with van der Waals surface area (Å²) in [6.45, 7) is 9.08. The molecule has 1 aromatic rings. The first kappa shape index (κ1) is 13.6. The zero-order chi connectivity index (χ0) is 13.4. The van der Waals surface area contributed by atoms with Crippen LogP contribution in [0.3, 0.4) is 0 Å². The minimum Gasteiger partial charge on any atom is -0.321 e. The highest BCUT2D eigenvalue weighted by molar-refractivity contribution is 5.32. The van der Waals surface area contributed by atoms with Gasteiger partial charge in [0.25, 0.3) is 0 Å². The maximum atomic E-state index is 6.63. The van der Waals surface area contributed by atoms with Crippen molar-refractivity contribution in [3.63, 3.8) is 0 Å². The average Bonchev–Trinajstić information content (AvgIpc) is 2.28. The van der Waals surface area contributed by atoms with Gasteiger partial charge in [-0.05, 0) is 35.3 Å². The Labute approximate surface area is 112 Å². The van der Waals surface area contributed by atoms with Crippen molar-refractivity contribution in [1.82, 2.24) is 0 Å². The van der Waals surface area contributed by atoms with E-state index in [-0.39, 0.29) is 11.0 Å². The summed E-state index contributed by atoms with van der Waals surface area (Å²) < 4.78 is 0. The van der Waals surface area contributed by atoms with Crippen molar-refractivity contribution in [3.05, 3.63) is 35.4 Å². The van der Waals surface area contributed by atoms with E-state index in [1.807, 2.05) is 0 Å². The molecule has 1 aromatic carbocycles. The van der Waals surface area contributed by atoms with Crippen LogP contribution in [0.2, 0.25) is 0 Å². The molecule has 0 radical (unpaired) electrons. The van der Waals surface area contributed by atoms with Crippen LogP contribution in [0.1, 0.15) is 64.5 Å². The Morgan fingerprint density at radius 2 is 1.78 bits per heavy atom. The largest absolute Gasteiger partial charge is 0.321 e. The first-order valence-electron chi connectivity index (χ1n) is 7.21. The molecule has 2 rings (SSSR count). The van der Waals surface area contributed by atoms with Gasteiger partial charge in [-0.15, -0.1) is 0 Å². The van der Waals surface area contributed by atoms with Crippen LogP contribution in [-0.2, 0) is 11.0 Å². The third-order valence-electron chi connectivity index (χ3n) is 4.36. The molecule has 18 heavy (non-hydrogen) atoms. The predicted octanol–water partition coefficient (Wildman–Crippen LogP) is 4.35. The lowest BCUT2D eigenvalue weighted by Gasteiger charge is -2.37. The van der Waals surface area contributed by atoms with E-state index >= 15 is 0 Å². The summed E-state index contributed by atoms with van der Waals surface area (Å²) in [4.78, 5) is 0. The zero-order valence-corrected chi connectivity index (χ0v) is 12.3. The Bertz CT molecular complexity index is 399. The van der Waals surface area contributed by atoms with Gasteiger partial charge in [-0.3, -0.25) is 0 Å². The fraction of sp³-hybridized carbons (Fsp3) is 0.647. The molecule has 0 aliphatic heterocycles. The quantitative estimate of drug-likeness (QED) is 0.782. The standard InChI is InChI=1S/C17H27N/c1-13-6-5-11-17(18,12-13)15-9-7-14(8-10-15)16(2,3)4/h7-10,13H,5-6,11-12,18H2,1-4H3. The van der Waals surface area contributed by atoms with Crippen LogP contribution < -0.4 is 5.73 Å². The molecule has 0 bridgehead atoms. The molecule has 0 heterocycles. The first-order valence-corrected chi connectivity index (χ1v) is 7.21. The van der Waals surface area contributed by atoms with Gasteiger partial charge in [0.05, 0.1) is 0 Å². The normalized spacial score (nSPS) is 29.3. The van der Waals surface area contributed by atoms with Crippen molar-refractivity contribution in [1.29, 1.82) is 0 Å². The van der Waals surface area contributed by atoms with E-state index < -0.39 is 0 Å². The van der Waals surface area contributed by atoms with E-state index in [0.29, 0.717) is 0 Å². The van der Waals surface area contributed by atoms with Crippen LogP contribution >= 0.6 is 0 Å². The SMILES string of the molecule is CC1CCCC(N)(c2ccc(C(C)(C)C)cc2)C1. The Hall–Kier alpha value is -0.820. The van der Waals surface area contributed by atoms with E-state index in [9.17, 15) is 0 Å². The molecule has 1 nitrogen and oxygen atoms in total. The van der Waals surface area contributed by atoms with Gasteiger partial charge in [-0.25, -0.2) is 0 Å². The summed E-state index contributed by atoms with van der Waals surface area (Å²) in [5.41, 5.74) is 9.47. The second kappa shape index (κ2) is 4.70. The van der Waals surface area contributed by atoms with Gasteiger partial charge in [0.1, 0.15) is 0 Å². The van der Waals surface area contributed by atoms with E-state index in [2.05, 4.69) is 52.0 Å². The van der Waals surface area contributed by atoms with Crippen LogP contribution in [0.5, 0.6) is 0 Å². The molecule has 0 saturated heterocycles. The number of benzene rings is 1. The number of nitrogens with two attached hydrogens (primary N) is 1. The summed E-state index contributed by atoms with van der Waals surface area (Å²) in [7, 11) is 0. The molecule has 1 heteroatoms. The van der Waals surface area contributed by atoms with Gasteiger partial charge < -0.3 is 5.73 Å². The third-order valence-corrected chi connectivity index (χ3v) is 4.36. The molecular formula is C17H27N. The van der Waals surface area contributed by atoms with Crippen molar-refractivity contribution >= 4 is 0 Å². The molecular weight excluding hydrogens is 218 g/mol. The lowest BCUT2D eigenvalue weighted by Crippen LogP contribution is -2.41. The molecule has 2 N–H and O–H groups in total. The highest BCUT2D eigenvalue weighted by atomic mass is 14.7. The molecule has 2 unspecified atom stereocenters. The topological polar surface area (TPSA) is 26.0 Å². The van der Waals surface area contributed by atoms with E-state index in [0.717, 1.165) is 18.8 Å². The maximum absolute atomic E-state index is 6.63. The van der Waals surface area contributed by atoms with Crippen LogP contribution in [0.15, 0.2) is 24.3 Å². The number of rotatable bonds is 1. The Morgan fingerprint density at radius 3 is 2.28 bits per heavy atom. The Morgan fingerprint density at radius 1 is 1.17 bits per heavy atom. The number of hydrogen-bond acceptors (Lipinski definition) is 1. The van der Waals surface area contributed by atoms with Gasteiger partial charge in [0.2, 0.25) is 0 Å². The van der Waals surface area contributed by atoms with Crippen LogP contribution in [0, 0.1) is 5.92 Å². The average molecular weight is 245 g/mol. The predicted molar refractivity (Wildman–Crippen MR) is 78.6 cm³/mol. The van der Waals surface area contributed by atoms with Gasteiger partial charge in [-0.1, -0.05) is 64.8 Å². The monoisotopic (exact) mass is 245 g/mol. The molecule has 1 saturated carbocycles. The van der Waals surface area contributed by atoms with Crippen LogP contribution in [0.4, 0.5) is 0 Å². The zero-order valence-electron chi connectivity index (χ0n) is 12.3. The molecule has 1 fully saturated rings. The van der Waals surface area contributed by atoms with Gasteiger partial charge >= 0.3 is 0 Å². The van der Waals surface area contributed by atoms with E-state index in [1.54, 1.807) is 0 Å². The minimum atomic E-state index is -0.0892. The summed E-state index contributed by atoms with van der Waals surface area (Å²) in [6.07, 6.45) is 4.85. The summed E-state index contributed by atoms with van der Waals surface area (Å²) in [6, 6.07) is 9.00. The fourth-order valence-corrected chi connectivity index (χ4v) is 3.16. The third kappa shape index (κ3) is 2.77. The van der Waals surface area contributed by atoms with Gasteiger partial charge in [0.15, 0.2) is 0 Å². The van der Waals surface area contributed by atoms with Gasteiger partial charge in [0, 0.05) is 5.54 Å². The Kier molecular flexibility index (Phi) is 3.55. The molecule has 1 aliphatic rings. The highest BCUT2D eigenvalue weighted by Crippen LogP contribution is 2.38. The first-order chi connectivity index (χ1) is 8.31. The highest BCUT2D eigenvalue weighted by Gasteiger charge is 2.32. The minimum absolute atomic E-state index is 0.0892. The molecule has 0 amide bonds. The van der Waals surface area contributed by atoms with Crippen molar-refractivity contribution in [3.8, 4) is 0 Å².